The topological polar surface area (TPSA) is 75.0 Å². The molecule has 0 amide bonds. The standard InChI is InChI=1S/C20H54N2O4Si5/c1-12-13-14-19-30(10,24-28(5,6)7)26-31(11,20-15-17-22-18-16-21)25-29(8,9)23-27(2,3)4/h22H,12-21H2,1-11H3. The molecule has 0 aliphatic carbocycles. The Balaban J connectivity index is 5.61. The molecule has 0 fully saturated rings. The summed E-state index contributed by atoms with van der Waals surface area (Å²) in [6.07, 6.45) is 4.62. The summed E-state index contributed by atoms with van der Waals surface area (Å²) in [4.78, 5) is 0. The second-order valence-electron chi connectivity index (χ2n) is 11.4. The average molecular weight is 527 g/mol. The van der Waals surface area contributed by atoms with Crippen LogP contribution in [0.3, 0.4) is 0 Å². The highest BCUT2D eigenvalue weighted by molar-refractivity contribution is 6.90. The molecule has 3 N–H and O–H groups in total. The van der Waals surface area contributed by atoms with Crippen molar-refractivity contribution < 1.29 is 16.5 Å². The molecule has 0 radical (unpaired) electrons. The van der Waals surface area contributed by atoms with Crippen molar-refractivity contribution in [2.75, 3.05) is 19.6 Å². The van der Waals surface area contributed by atoms with Gasteiger partial charge >= 0.3 is 25.7 Å². The molecule has 6 nitrogen and oxygen atoms in total. The van der Waals surface area contributed by atoms with Crippen LogP contribution >= 0.6 is 0 Å². The summed E-state index contributed by atoms with van der Waals surface area (Å²) in [5.74, 6) is 0. The lowest BCUT2D eigenvalue weighted by Gasteiger charge is -2.44. The summed E-state index contributed by atoms with van der Waals surface area (Å²) in [6.45, 7) is 27.1. The number of rotatable bonds is 18. The zero-order valence-corrected chi connectivity index (χ0v) is 27.6. The van der Waals surface area contributed by atoms with Gasteiger partial charge in [0.25, 0.3) is 0 Å². The highest BCUT2D eigenvalue weighted by Gasteiger charge is 2.48. The first kappa shape index (κ1) is 31.8. The van der Waals surface area contributed by atoms with E-state index in [1.165, 1.54) is 19.3 Å². The molecule has 0 heterocycles. The van der Waals surface area contributed by atoms with Gasteiger partial charge in [0.1, 0.15) is 0 Å². The normalized spacial score (nSPS) is 17.4. The van der Waals surface area contributed by atoms with Crippen molar-refractivity contribution in [1.82, 2.24) is 5.32 Å². The van der Waals surface area contributed by atoms with Gasteiger partial charge in [-0.3, -0.25) is 0 Å². The van der Waals surface area contributed by atoms with Gasteiger partial charge in [0.05, 0.1) is 0 Å². The molecule has 0 saturated carbocycles. The molecule has 0 spiro atoms. The monoisotopic (exact) mass is 526 g/mol. The van der Waals surface area contributed by atoms with Crippen LogP contribution in [0.15, 0.2) is 0 Å². The first-order chi connectivity index (χ1) is 13.9. The van der Waals surface area contributed by atoms with Crippen LogP contribution in [0.1, 0.15) is 32.6 Å². The maximum atomic E-state index is 7.09. The van der Waals surface area contributed by atoms with E-state index in [2.05, 4.69) is 77.7 Å². The largest absolute Gasteiger partial charge is 0.437 e. The summed E-state index contributed by atoms with van der Waals surface area (Å²) in [6, 6.07) is 1.99. The van der Waals surface area contributed by atoms with E-state index in [0.717, 1.165) is 31.6 Å². The van der Waals surface area contributed by atoms with Gasteiger partial charge in [-0.25, -0.2) is 0 Å². The fraction of sp³-hybridized carbons (Fsp3) is 1.00. The number of nitrogens with two attached hydrogens (primary N) is 1. The number of hydrogen-bond donors (Lipinski definition) is 2. The van der Waals surface area contributed by atoms with Crippen molar-refractivity contribution in [2.45, 2.75) is 110 Å². The van der Waals surface area contributed by atoms with Crippen LogP contribution in [0.5, 0.6) is 0 Å². The summed E-state index contributed by atoms with van der Waals surface area (Å²) in [5, 5.41) is 3.41. The van der Waals surface area contributed by atoms with E-state index in [1.807, 2.05) is 0 Å². The SMILES string of the molecule is CCCCC[Si](C)(O[Si](C)(C)C)O[Si](C)(CCCNCCN)O[Si](C)(C)O[Si](C)(C)C. The van der Waals surface area contributed by atoms with Crippen LogP contribution in [0.4, 0.5) is 0 Å². The van der Waals surface area contributed by atoms with Crippen molar-refractivity contribution in [2.24, 2.45) is 5.73 Å². The van der Waals surface area contributed by atoms with Crippen LogP contribution in [-0.2, 0) is 16.5 Å². The van der Waals surface area contributed by atoms with Crippen molar-refractivity contribution in [1.29, 1.82) is 0 Å². The molecule has 0 aromatic rings. The maximum Gasteiger partial charge on any atom is 0.317 e. The molecule has 0 rings (SSSR count). The number of hydrogen-bond acceptors (Lipinski definition) is 6. The highest BCUT2D eigenvalue weighted by atomic mass is 28.5. The molecule has 0 aromatic heterocycles. The van der Waals surface area contributed by atoms with Crippen LogP contribution in [-0.4, -0.2) is 62.0 Å². The Kier molecular flexibility index (Phi) is 14.0. The molecular weight excluding hydrogens is 473 g/mol. The molecule has 2 unspecified atom stereocenters. The van der Waals surface area contributed by atoms with Gasteiger partial charge in [-0.2, -0.15) is 0 Å². The van der Waals surface area contributed by atoms with E-state index >= 15 is 0 Å². The van der Waals surface area contributed by atoms with E-state index in [1.54, 1.807) is 0 Å². The van der Waals surface area contributed by atoms with E-state index in [9.17, 15) is 0 Å². The lowest BCUT2D eigenvalue weighted by molar-refractivity contribution is 0.286. The molecule has 0 aromatic carbocycles. The molecule has 188 valence electrons. The Morgan fingerprint density at radius 3 is 1.61 bits per heavy atom. The van der Waals surface area contributed by atoms with Gasteiger partial charge in [-0.05, 0) is 90.5 Å². The fourth-order valence-corrected chi connectivity index (χ4v) is 27.9. The maximum absolute atomic E-state index is 7.09. The summed E-state index contributed by atoms with van der Waals surface area (Å²) >= 11 is 0. The minimum absolute atomic E-state index is 0.665. The third-order valence-electron chi connectivity index (χ3n) is 4.51. The van der Waals surface area contributed by atoms with Gasteiger partial charge in [-0.15, -0.1) is 0 Å². The van der Waals surface area contributed by atoms with E-state index in [4.69, 9.17) is 22.2 Å². The molecule has 31 heavy (non-hydrogen) atoms. The predicted octanol–water partition coefficient (Wildman–Crippen LogP) is 5.70. The Bertz CT molecular complexity index is 503. The van der Waals surface area contributed by atoms with Gasteiger partial charge in [0.2, 0.25) is 0 Å². The molecule has 11 heteroatoms. The van der Waals surface area contributed by atoms with E-state index in [0.29, 0.717) is 6.54 Å². The van der Waals surface area contributed by atoms with Crippen LogP contribution in [0, 0.1) is 0 Å². The lowest BCUT2D eigenvalue weighted by Crippen LogP contribution is -2.60. The minimum atomic E-state index is -2.49. The molecule has 2 atom stereocenters. The number of nitrogens with one attached hydrogen (secondary N) is 1. The zero-order valence-electron chi connectivity index (χ0n) is 22.6. The lowest BCUT2D eigenvalue weighted by atomic mass is 10.3. The van der Waals surface area contributed by atoms with Gasteiger partial charge in [0.15, 0.2) is 16.6 Å². The third-order valence-corrected chi connectivity index (χ3v) is 22.8. The van der Waals surface area contributed by atoms with E-state index < -0.39 is 42.3 Å². The predicted molar refractivity (Wildman–Crippen MR) is 147 cm³/mol. The number of unbranched alkanes of at least 4 members (excludes halogenated alkanes) is 2. The van der Waals surface area contributed by atoms with Gasteiger partial charge in [-0.1, -0.05) is 26.2 Å². The molecule has 0 bridgehead atoms. The van der Waals surface area contributed by atoms with Crippen molar-refractivity contribution >= 4 is 42.3 Å². The van der Waals surface area contributed by atoms with Crippen molar-refractivity contribution in [3.05, 3.63) is 0 Å². The Hall–Kier alpha value is 0.844. The molecule has 0 saturated heterocycles. The second kappa shape index (κ2) is 13.7. The summed E-state index contributed by atoms with van der Waals surface area (Å²) in [5.41, 5.74) is 5.62. The Morgan fingerprint density at radius 1 is 0.613 bits per heavy atom. The summed E-state index contributed by atoms with van der Waals surface area (Å²) in [7, 11) is -10.6. The van der Waals surface area contributed by atoms with Crippen molar-refractivity contribution in [3.8, 4) is 0 Å². The zero-order chi connectivity index (χ0) is 24.4. The highest BCUT2D eigenvalue weighted by Crippen LogP contribution is 2.32. The van der Waals surface area contributed by atoms with E-state index in [-0.39, 0.29) is 0 Å². The van der Waals surface area contributed by atoms with Crippen LogP contribution < -0.4 is 11.1 Å². The molecular formula is C20H54N2O4Si5. The van der Waals surface area contributed by atoms with Crippen LogP contribution in [0.2, 0.25) is 77.6 Å². The van der Waals surface area contributed by atoms with Crippen molar-refractivity contribution in [3.63, 3.8) is 0 Å². The average Bonchev–Trinajstić information content (AvgIpc) is 2.49. The fourth-order valence-electron chi connectivity index (χ4n) is 4.09. The summed E-state index contributed by atoms with van der Waals surface area (Å²) < 4.78 is 27.3. The first-order valence-corrected chi connectivity index (χ1v) is 26.8. The first-order valence-electron chi connectivity index (χ1n) is 12.2. The smallest absolute Gasteiger partial charge is 0.317 e. The van der Waals surface area contributed by atoms with Gasteiger partial charge < -0.3 is 27.5 Å². The third kappa shape index (κ3) is 17.0. The quantitative estimate of drug-likeness (QED) is 0.176. The van der Waals surface area contributed by atoms with Gasteiger partial charge in [0, 0.05) is 13.1 Å². The molecule has 0 aliphatic rings. The van der Waals surface area contributed by atoms with Crippen LogP contribution in [0.25, 0.3) is 0 Å². The Morgan fingerprint density at radius 2 is 1.13 bits per heavy atom. The minimum Gasteiger partial charge on any atom is -0.437 e. The Labute approximate surface area is 199 Å². The molecule has 0 aliphatic heterocycles. The second-order valence-corrected chi connectivity index (χ2v) is 31.5.